The van der Waals surface area contributed by atoms with Gasteiger partial charge < -0.3 is 10.5 Å². The van der Waals surface area contributed by atoms with Gasteiger partial charge in [-0.1, -0.05) is 19.9 Å². The lowest BCUT2D eigenvalue weighted by Gasteiger charge is -2.35. The number of nitrogen functional groups attached to an aromatic ring is 1. The van der Waals surface area contributed by atoms with Crippen molar-refractivity contribution < 1.29 is 4.74 Å². The molecular weight excluding hydrogens is 200 g/mol. The third-order valence-corrected chi connectivity index (χ3v) is 3.34. The van der Waals surface area contributed by atoms with Gasteiger partial charge in [0, 0.05) is 23.7 Å². The molecule has 1 aliphatic heterocycles. The third kappa shape index (κ3) is 1.87. The minimum absolute atomic E-state index is 0.417. The Labute approximate surface area is 97.2 Å². The van der Waals surface area contributed by atoms with Gasteiger partial charge >= 0.3 is 0 Å². The molecule has 1 aromatic carbocycles. The first-order chi connectivity index (χ1) is 7.77. The van der Waals surface area contributed by atoms with E-state index in [1.165, 1.54) is 5.56 Å². The summed E-state index contributed by atoms with van der Waals surface area (Å²) in [7, 11) is 0. The molecule has 1 atom stereocenters. The Morgan fingerprint density at radius 1 is 1.38 bits per heavy atom. The number of fused-ring (bicyclic) bond motifs is 1. The highest BCUT2D eigenvalue weighted by atomic mass is 16.5. The van der Waals surface area contributed by atoms with Crippen LogP contribution in [0.4, 0.5) is 5.69 Å². The molecule has 0 aromatic heterocycles. The molecule has 1 unspecified atom stereocenters. The predicted molar refractivity (Wildman–Crippen MR) is 66.6 cm³/mol. The lowest BCUT2D eigenvalue weighted by atomic mass is 9.97. The van der Waals surface area contributed by atoms with E-state index in [2.05, 4.69) is 18.7 Å². The molecular formula is C13H20N2O. The molecule has 88 valence electrons. The minimum atomic E-state index is 0.417. The fourth-order valence-corrected chi connectivity index (χ4v) is 2.50. The van der Waals surface area contributed by atoms with E-state index in [1.54, 1.807) is 0 Å². The summed E-state index contributed by atoms with van der Waals surface area (Å²) in [5.74, 6) is 0.961. The highest BCUT2D eigenvalue weighted by Gasteiger charge is 2.27. The summed E-state index contributed by atoms with van der Waals surface area (Å²) in [6.07, 6.45) is 1.03. The van der Waals surface area contributed by atoms with Crippen LogP contribution in [0.1, 0.15) is 31.9 Å². The third-order valence-electron chi connectivity index (χ3n) is 3.34. The summed E-state index contributed by atoms with van der Waals surface area (Å²) in [6, 6.07) is 6.35. The number of anilines is 1. The Morgan fingerprint density at radius 3 is 2.81 bits per heavy atom. The van der Waals surface area contributed by atoms with Crippen LogP contribution in [0.3, 0.4) is 0 Å². The molecule has 0 radical (unpaired) electrons. The van der Waals surface area contributed by atoms with Gasteiger partial charge in [0.25, 0.3) is 0 Å². The van der Waals surface area contributed by atoms with Gasteiger partial charge in [0.2, 0.25) is 0 Å². The maximum atomic E-state index is 6.07. The number of benzene rings is 1. The summed E-state index contributed by atoms with van der Waals surface area (Å²) >= 11 is 0. The van der Waals surface area contributed by atoms with Gasteiger partial charge in [-0.2, -0.15) is 0 Å². The van der Waals surface area contributed by atoms with Gasteiger partial charge in [0.15, 0.2) is 0 Å². The molecule has 1 heterocycles. The van der Waals surface area contributed by atoms with Crippen molar-refractivity contribution in [2.75, 3.05) is 25.4 Å². The van der Waals surface area contributed by atoms with Crippen LogP contribution in [0.15, 0.2) is 18.2 Å². The molecule has 0 saturated heterocycles. The SMILES string of the molecule is CCN(CC)C1CCOc2cccc(N)c21. The van der Waals surface area contributed by atoms with Crippen molar-refractivity contribution >= 4 is 5.69 Å². The Morgan fingerprint density at radius 2 is 2.12 bits per heavy atom. The van der Waals surface area contributed by atoms with Crippen LogP contribution in [0, 0.1) is 0 Å². The molecule has 0 bridgehead atoms. The molecule has 2 N–H and O–H groups in total. The number of nitrogens with zero attached hydrogens (tertiary/aromatic N) is 1. The number of nitrogens with two attached hydrogens (primary N) is 1. The molecule has 1 aliphatic rings. The van der Waals surface area contributed by atoms with E-state index in [0.29, 0.717) is 6.04 Å². The van der Waals surface area contributed by atoms with E-state index >= 15 is 0 Å². The number of hydrogen-bond acceptors (Lipinski definition) is 3. The van der Waals surface area contributed by atoms with Crippen molar-refractivity contribution in [1.82, 2.24) is 4.90 Å². The zero-order valence-corrected chi connectivity index (χ0v) is 10.1. The molecule has 0 spiro atoms. The van der Waals surface area contributed by atoms with E-state index < -0.39 is 0 Å². The van der Waals surface area contributed by atoms with E-state index in [1.807, 2.05) is 18.2 Å². The van der Waals surface area contributed by atoms with Crippen LogP contribution >= 0.6 is 0 Å². The van der Waals surface area contributed by atoms with Crippen molar-refractivity contribution in [3.05, 3.63) is 23.8 Å². The van der Waals surface area contributed by atoms with Gasteiger partial charge in [-0.25, -0.2) is 0 Å². The standard InChI is InChI=1S/C13H20N2O/c1-3-15(4-2)11-8-9-16-12-7-5-6-10(14)13(11)12/h5-7,11H,3-4,8-9,14H2,1-2H3. The predicted octanol–water partition coefficient (Wildman–Crippen LogP) is 2.43. The van der Waals surface area contributed by atoms with Gasteiger partial charge in [0.1, 0.15) is 5.75 Å². The smallest absolute Gasteiger partial charge is 0.126 e. The van der Waals surface area contributed by atoms with Gasteiger partial charge in [-0.3, -0.25) is 4.90 Å². The first-order valence-electron chi connectivity index (χ1n) is 6.03. The highest BCUT2D eigenvalue weighted by molar-refractivity contribution is 5.56. The average molecular weight is 220 g/mol. The molecule has 3 heteroatoms. The Bertz CT molecular complexity index is 361. The van der Waals surface area contributed by atoms with Gasteiger partial charge in [-0.15, -0.1) is 0 Å². The van der Waals surface area contributed by atoms with Crippen molar-refractivity contribution in [3.8, 4) is 5.75 Å². The number of rotatable bonds is 3. The molecule has 0 fully saturated rings. The van der Waals surface area contributed by atoms with E-state index in [0.717, 1.165) is 37.6 Å². The molecule has 0 amide bonds. The zero-order valence-electron chi connectivity index (χ0n) is 10.1. The lowest BCUT2D eigenvalue weighted by Crippen LogP contribution is -2.32. The Hall–Kier alpha value is -1.22. The largest absolute Gasteiger partial charge is 0.493 e. The van der Waals surface area contributed by atoms with E-state index in [4.69, 9.17) is 10.5 Å². The van der Waals surface area contributed by atoms with Crippen LogP contribution in [0.25, 0.3) is 0 Å². The van der Waals surface area contributed by atoms with Crippen LogP contribution < -0.4 is 10.5 Å². The average Bonchev–Trinajstić information content (AvgIpc) is 2.31. The molecule has 3 nitrogen and oxygen atoms in total. The Kier molecular flexibility index (Phi) is 3.34. The van der Waals surface area contributed by atoms with E-state index in [9.17, 15) is 0 Å². The highest BCUT2D eigenvalue weighted by Crippen LogP contribution is 2.39. The summed E-state index contributed by atoms with van der Waals surface area (Å²) in [5.41, 5.74) is 8.11. The minimum Gasteiger partial charge on any atom is -0.493 e. The summed E-state index contributed by atoms with van der Waals surface area (Å²) in [6.45, 7) is 7.27. The molecule has 0 saturated carbocycles. The van der Waals surface area contributed by atoms with Crippen molar-refractivity contribution in [3.63, 3.8) is 0 Å². The first kappa shape index (κ1) is 11.3. The first-order valence-corrected chi connectivity index (χ1v) is 6.03. The molecule has 1 aromatic rings. The number of hydrogen-bond donors (Lipinski definition) is 1. The van der Waals surface area contributed by atoms with Crippen molar-refractivity contribution in [1.29, 1.82) is 0 Å². The Balaban J connectivity index is 2.38. The quantitative estimate of drug-likeness (QED) is 0.795. The van der Waals surface area contributed by atoms with Crippen LogP contribution in [0.5, 0.6) is 5.75 Å². The fraction of sp³-hybridized carbons (Fsp3) is 0.538. The lowest BCUT2D eigenvalue weighted by molar-refractivity contribution is 0.152. The maximum Gasteiger partial charge on any atom is 0.126 e. The van der Waals surface area contributed by atoms with Crippen LogP contribution in [-0.4, -0.2) is 24.6 Å². The second kappa shape index (κ2) is 4.74. The van der Waals surface area contributed by atoms with Crippen molar-refractivity contribution in [2.45, 2.75) is 26.3 Å². The van der Waals surface area contributed by atoms with E-state index in [-0.39, 0.29) is 0 Å². The molecule has 2 rings (SSSR count). The number of ether oxygens (including phenoxy) is 1. The van der Waals surface area contributed by atoms with Crippen LogP contribution in [0.2, 0.25) is 0 Å². The second-order valence-corrected chi connectivity index (χ2v) is 4.13. The zero-order chi connectivity index (χ0) is 11.5. The summed E-state index contributed by atoms with van der Waals surface area (Å²) < 4.78 is 5.67. The van der Waals surface area contributed by atoms with Gasteiger partial charge in [0.05, 0.1) is 6.61 Å². The summed E-state index contributed by atoms with van der Waals surface area (Å²) in [5, 5.41) is 0. The van der Waals surface area contributed by atoms with Crippen LogP contribution in [-0.2, 0) is 0 Å². The normalized spacial score (nSPS) is 19.3. The molecule has 16 heavy (non-hydrogen) atoms. The monoisotopic (exact) mass is 220 g/mol. The summed E-state index contributed by atoms with van der Waals surface area (Å²) in [4.78, 5) is 2.44. The molecule has 0 aliphatic carbocycles. The van der Waals surface area contributed by atoms with Crippen molar-refractivity contribution in [2.24, 2.45) is 0 Å². The maximum absolute atomic E-state index is 6.07. The topological polar surface area (TPSA) is 38.5 Å². The van der Waals surface area contributed by atoms with Gasteiger partial charge in [-0.05, 0) is 25.2 Å². The fourth-order valence-electron chi connectivity index (χ4n) is 2.50. The second-order valence-electron chi connectivity index (χ2n) is 4.13.